The van der Waals surface area contributed by atoms with Gasteiger partial charge in [0.1, 0.15) is 12.1 Å². The van der Waals surface area contributed by atoms with Crippen molar-refractivity contribution in [2.24, 2.45) is 0 Å². The molecular formula is C17H23N5O. The Morgan fingerprint density at radius 1 is 1.04 bits per heavy atom. The van der Waals surface area contributed by atoms with Gasteiger partial charge in [-0.1, -0.05) is 6.92 Å². The fourth-order valence-corrected chi connectivity index (χ4v) is 2.79. The Morgan fingerprint density at radius 3 is 2.57 bits per heavy atom. The third-order valence-electron chi connectivity index (χ3n) is 4.03. The molecule has 1 fully saturated rings. The summed E-state index contributed by atoms with van der Waals surface area (Å²) < 4.78 is 5.69. The first-order valence-electron chi connectivity index (χ1n) is 8.20. The maximum Gasteiger partial charge on any atom is 0.171 e. The van der Waals surface area contributed by atoms with Gasteiger partial charge in [-0.3, -0.25) is 0 Å². The van der Waals surface area contributed by atoms with Gasteiger partial charge in [0.2, 0.25) is 0 Å². The molecule has 1 aliphatic rings. The monoisotopic (exact) mass is 313 g/mol. The first kappa shape index (κ1) is 15.5. The van der Waals surface area contributed by atoms with Crippen LogP contribution < -0.4 is 14.5 Å². The van der Waals surface area contributed by atoms with Crippen molar-refractivity contribution in [2.45, 2.75) is 20.3 Å². The van der Waals surface area contributed by atoms with Crippen LogP contribution in [0.3, 0.4) is 0 Å². The number of pyridine rings is 1. The number of aromatic nitrogens is 3. The molecule has 0 aromatic carbocycles. The summed E-state index contributed by atoms with van der Waals surface area (Å²) in [5.74, 6) is 2.81. The molecule has 3 rings (SSSR count). The molecule has 0 atom stereocenters. The van der Waals surface area contributed by atoms with E-state index in [9.17, 15) is 0 Å². The molecule has 2 aromatic rings. The van der Waals surface area contributed by atoms with Gasteiger partial charge in [-0.2, -0.15) is 0 Å². The molecule has 23 heavy (non-hydrogen) atoms. The highest BCUT2D eigenvalue weighted by Gasteiger charge is 2.21. The third-order valence-corrected chi connectivity index (χ3v) is 4.03. The van der Waals surface area contributed by atoms with Crippen LogP contribution in [-0.2, 0) is 6.42 Å². The standard InChI is InChI=1S/C17H23N5O/c1-3-14-12-16(20-13-19-14)21-8-10-22(11-9-21)17-15(23-4-2)6-5-7-18-17/h5-7,12-13H,3-4,8-11H2,1-2H3. The highest BCUT2D eigenvalue weighted by Crippen LogP contribution is 2.26. The van der Waals surface area contributed by atoms with Crippen LogP contribution in [0.2, 0.25) is 0 Å². The summed E-state index contributed by atoms with van der Waals surface area (Å²) in [5.41, 5.74) is 1.08. The topological polar surface area (TPSA) is 54.4 Å². The lowest BCUT2D eigenvalue weighted by Crippen LogP contribution is -2.47. The van der Waals surface area contributed by atoms with Crippen LogP contribution in [0.4, 0.5) is 11.6 Å². The second-order valence-electron chi connectivity index (χ2n) is 5.45. The largest absolute Gasteiger partial charge is 0.490 e. The van der Waals surface area contributed by atoms with Crippen molar-refractivity contribution in [2.75, 3.05) is 42.6 Å². The van der Waals surface area contributed by atoms with E-state index in [0.29, 0.717) is 6.61 Å². The lowest BCUT2D eigenvalue weighted by atomic mass is 10.2. The van der Waals surface area contributed by atoms with Gasteiger partial charge in [0.15, 0.2) is 11.6 Å². The van der Waals surface area contributed by atoms with Gasteiger partial charge >= 0.3 is 0 Å². The molecule has 6 nitrogen and oxygen atoms in total. The number of ether oxygens (including phenoxy) is 1. The van der Waals surface area contributed by atoms with E-state index in [4.69, 9.17) is 4.74 Å². The molecule has 3 heterocycles. The number of anilines is 2. The van der Waals surface area contributed by atoms with Crippen LogP contribution >= 0.6 is 0 Å². The lowest BCUT2D eigenvalue weighted by Gasteiger charge is -2.36. The molecule has 0 radical (unpaired) electrons. The van der Waals surface area contributed by atoms with E-state index in [1.807, 2.05) is 25.3 Å². The molecule has 0 unspecified atom stereocenters. The summed E-state index contributed by atoms with van der Waals surface area (Å²) in [4.78, 5) is 17.8. The van der Waals surface area contributed by atoms with Gasteiger partial charge in [0.25, 0.3) is 0 Å². The molecule has 2 aromatic heterocycles. The summed E-state index contributed by atoms with van der Waals surface area (Å²) in [6.45, 7) is 8.41. The molecule has 0 spiro atoms. The van der Waals surface area contributed by atoms with Crippen LogP contribution in [0, 0.1) is 0 Å². The van der Waals surface area contributed by atoms with Crippen molar-refractivity contribution in [3.05, 3.63) is 36.4 Å². The van der Waals surface area contributed by atoms with Gasteiger partial charge < -0.3 is 14.5 Å². The fourth-order valence-electron chi connectivity index (χ4n) is 2.79. The van der Waals surface area contributed by atoms with E-state index >= 15 is 0 Å². The number of hydrogen-bond acceptors (Lipinski definition) is 6. The van der Waals surface area contributed by atoms with Gasteiger partial charge in [-0.05, 0) is 25.5 Å². The second kappa shape index (κ2) is 7.26. The minimum atomic E-state index is 0.652. The Kier molecular flexibility index (Phi) is 4.90. The predicted molar refractivity (Wildman–Crippen MR) is 91.2 cm³/mol. The Morgan fingerprint density at radius 2 is 1.83 bits per heavy atom. The molecule has 1 aliphatic heterocycles. The summed E-state index contributed by atoms with van der Waals surface area (Å²) in [7, 11) is 0. The van der Waals surface area contributed by atoms with Crippen LogP contribution in [0.15, 0.2) is 30.7 Å². The number of nitrogens with zero attached hydrogens (tertiary/aromatic N) is 5. The molecule has 0 saturated carbocycles. The van der Waals surface area contributed by atoms with E-state index in [2.05, 4.69) is 37.7 Å². The van der Waals surface area contributed by atoms with E-state index in [1.165, 1.54) is 0 Å². The average molecular weight is 313 g/mol. The third kappa shape index (κ3) is 3.52. The fraction of sp³-hybridized carbons (Fsp3) is 0.471. The maximum absolute atomic E-state index is 5.69. The summed E-state index contributed by atoms with van der Waals surface area (Å²) in [6.07, 6.45) is 4.41. The van der Waals surface area contributed by atoms with Gasteiger partial charge in [0.05, 0.1) is 6.61 Å². The van der Waals surface area contributed by atoms with E-state index in [1.54, 1.807) is 6.33 Å². The zero-order valence-corrected chi connectivity index (χ0v) is 13.8. The number of rotatable bonds is 5. The minimum absolute atomic E-state index is 0.652. The molecule has 0 bridgehead atoms. The van der Waals surface area contributed by atoms with Crippen molar-refractivity contribution in [1.29, 1.82) is 0 Å². The Labute approximate surface area is 137 Å². The SMILES string of the molecule is CCOc1cccnc1N1CCN(c2cc(CC)ncn2)CC1. The van der Waals surface area contributed by atoms with Crippen LogP contribution in [0.25, 0.3) is 0 Å². The van der Waals surface area contributed by atoms with Crippen molar-refractivity contribution < 1.29 is 4.74 Å². The minimum Gasteiger partial charge on any atom is -0.490 e. The quantitative estimate of drug-likeness (QED) is 0.843. The molecule has 0 N–H and O–H groups in total. The van der Waals surface area contributed by atoms with Crippen LogP contribution in [-0.4, -0.2) is 47.7 Å². The van der Waals surface area contributed by atoms with Crippen molar-refractivity contribution in [1.82, 2.24) is 15.0 Å². The highest BCUT2D eigenvalue weighted by molar-refractivity contribution is 5.53. The van der Waals surface area contributed by atoms with Gasteiger partial charge in [-0.25, -0.2) is 15.0 Å². The maximum atomic E-state index is 5.69. The van der Waals surface area contributed by atoms with E-state index in [0.717, 1.165) is 55.7 Å². The number of hydrogen-bond donors (Lipinski definition) is 0. The van der Waals surface area contributed by atoms with Gasteiger partial charge in [-0.15, -0.1) is 0 Å². The normalized spacial score (nSPS) is 14.9. The first-order chi connectivity index (χ1) is 11.3. The van der Waals surface area contributed by atoms with Gasteiger partial charge in [0, 0.05) is 44.1 Å². The van der Waals surface area contributed by atoms with Crippen molar-refractivity contribution >= 4 is 11.6 Å². The summed E-state index contributed by atoms with van der Waals surface area (Å²) in [5, 5.41) is 0. The highest BCUT2D eigenvalue weighted by atomic mass is 16.5. The molecule has 0 aliphatic carbocycles. The zero-order valence-electron chi connectivity index (χ0n) is 13.8. The molecule has 6 heteroatoms. The number of aryl methyl sites for hydroxylation is 1. The first-order valence-corrected chi connectivity index (χ1v) is 8.20. The van der Waals surface area contributed by atoms with Crippen molar-refractivity contribution in [3.8, 4) is 5.75 Å². The molecular weight excluding hydrogens is 290 g/mol. The zero-order chi connectivity index (χ0) is 16.1. The van der Waals surface area contributed by atoms with E-state index < -0.39 is 0 Å². The van der Waals surface area contributed by atoms with E-state index in [-0.39, 0.29) is 0 Å². The Bertz CT molecular complexity index is 640. The smallest absolute Gasteiger partial charge is 0.171 e. The average Bonchev–Trinajstić information content (AvgIpc) is 2.63. The molecule has 122 valence electrons. The Balaban J connectivity index is 1.69. The predicted octanol–water partition coefficient (Wildman–Crippen LogP) is 2.16. The van der Waals surface area contributed by atoms with Crippen molar-refractivity contribution in [3.63, 3.8) is 0 Å². The van der Waals surface area contributed by atoms with Crippen LogP contribution in [0.5, 0.6) is 5.75 Å². The summed E-state index contributed by atoms with van der Waals surface area (Å²) in [6, 6.07) is 5.98. The lowest BCUT2D eigenvalue weighted by molar-refractivity contribution is 0.338. The second-order valence-corrected chi connectivity index (χ2v) is 5.45. The number of piperazine rings is 1. The summed E-state index contributed by atoms with van der Waals surface area (Å²) >= 11 is 0. The van der Waals surface area contributed by atoms with Crippen LogP contribution in [0.1, 0.15) is 19.5 Å². The molecule has 1 saturated heterocycles. The molecule has 0 amide bonds. The Hall–Kier alpha value is -2.37.